The molecule has 0 aliphatic rings. The second-order valence-electron chi connectivity index (χ2n) is 7.11. The van der Waals surface area contributed by atoms with Crippen LogP contribution in [0.3, 0.4) is 0 Å². The minimum atomic E-state index is -0.607. The third kappa shape index (κ3) is 6.50. The molecule has 156 valence electrons. The van der Waals surface area contributed by atoms with Crippen LogP contribution in [-0.4, -0.2) is 35.9 Å². The molecule has 2 aromatic rings. The summed E-state index contributed by atoms with van der Waals surface area (Å²) in [6.45, 7) is 8.37. The van der Waals surface area contributed by atoms with Gasteiger partial charge in [-0.2, -0.15) is 0 Å². The minimum Gasteiger partial charge on any atom is -0.484 e. The van der Waals surface area contributed by atoms with Gasteiger partial charge in [0.2, 0.25) is 5.91 Å². The SMILES string of the molecule is CCCNC(=O)[C@@H](C)N(Cc1ccccc1C)C(=O)COc1ccc(Cl)c(C)c1. The highest BCUT2D eigenvalue weighted by atomic mass is 35.5. The number of amides is 2. The molecule has 0 unspecified atom stereocenters. The molecule has 2 amide bonds. The Bertz CT molecular complexity index is 854. The number of carbonyl (C=O) groups is 2. The van der Waals surface area contributed by atoms with E-state index < -0.39 is 6.04 Å². The van der Waals surface area contributed by atoms with Crippen LogP contribution < -0.4 is 10.1 Å². The van der Waals surface area contributed by atoms with E-state index in [1.807, 2.05) is 45.0 Å². The number of hydrogen-bond acceptors (Lipinski definition) is 3. The van der Waals surface area contributed by atoms with Gasteiger partial charge in [-0.3, -0.25) is 9.59 Å². The highest BCUT2D eigenvalue weighted by Gasteiger charge is 2.26. The smallest absolute Gasteiger partial charge is 0.261 e. The second-order valence-corrected chi connectivity index (χ2v) is 7.52. The quantitative estimate of drug-likeness (QED) is 0.663. The number of nitrogens with zero attached hydrogens (tertiary/aromatic N) is 1. The largest absolute Gasteiger partial charge is 0.484 e. The summed E-state index contributed by atoms with van der Waals surface area (Å²) < 4.78 is 5.68. The van der Waals surface area contributed by atoms with E-state index in [9.17, 15) is 9.59 Å². The number of rotatable bonds is 9. The Hall–Kier alpha value is -2.53. The van der Waals surface area contributed by atoms with Crippen LogP contribution in [-0.2, 0) is 16.1 Å². The summed E-state index contributed by atoms with van der Waals surface area (Å²) in [5.74, 6) is 0.148. The van der Waals surface area contributed by atoms with E-state index in [-0.39, 0.29) is 18.4 Å². The minimum absolute atomic E-state index is 0.154. The highest BCUT2D eigenvalue weighted by Crippen LogP contribution is 2.21. The fraction of sp³-hybridized carbons (Fsp3) is 0.391. The molecular formula is C23H29ClN2O3. The van der Waals surface area contributed by atoms with E-state index in [4.69, 9.17) is 16.3 Å². The van der Waals surface area contributed by atoms with Crippen LogP contribution in [0.1, 0.15) is 37.0 Å². The van der Waals surface area contributed by atoms with Crippen molar-refractivity contribution in [1.29, 1.82) is 0 Å². The molecule has 2 aromatic carbocycles. The number of aryl methyl sites for hydroxylation is 2. The number of ether oxygens (including phenoxy) is 1. The van der Waals surface area contributed by atoms with Crippen LogP contribution in [0, 0.1) is 13.8 Å². The molecule has 0 aliphatic heterocycles. The molecule has 6 heteroatoms. The zero-order chi connectivity index (χ0) is 21.4. The normalized spacial score (nSPS) is 11.6. The molecule has 0 spiro atoms. The summed E-state index contributed by atoms with van der Waals surface area (Å²) in [6.07, 6.45) is 0.837. The number of nitrogens with one attached hydrogen (secondary N) is 1. The van der Waals surface area contributed by atoms with Crippen LogP contribution in [0.2, 0.25) is 5.02 Å². The Morgan fingerprint density at radius 3 is 2.52 bits per heavy atom. The molecule has 29 heavy (non-hydrogen) atoms. The second kappa shape index (κ2) is 10.9. The van der Waals surface area contributed by atoms with Crippen molar-refractivity contribution in [3.63, 3.8) is 0 Å². The van der Waals surface area contributed by atoms with Crippen molar-refractivity contribution < 1.29 is 14.3 Å². The van der Waals surface area contributed by atoms with Crippen molar-refractivity contribution in [3.05, 3.63) is 64.2 Å². The van der Waals surface area contributed by atoms with Gasteiger partial charge in [-0.05, 0) is 62.1 Å². The molecule has 1 N–H and O–H groups in total. The number of benzene rings is 2. The molecular weight excluding hydrogens is 388 g/mol. The zero-order valence-electron chi connectivity index (χ0n) is 17.5. The molecule has 5 nitrogen and oxygen atoms in total. The van der Waals surface area contributed by atoms with E-state index in [2.05, 4.69) is 5.32 Å². The number of halogens is 1. The van der Waals surface area contributed by atoms with Gasteiger partial charge in [0.25, 0.3) is 5.91 Å². The topological polar surface area (TPSA) is 58.6 Å². The molecule has 0 fully saturated rings. The van der Waals surface area contributed by atoms with Crippen molar-refractivity contribution >= 4 is 23.4 Å². The van der Waals surface area contributed by atoms with Gasteiger partial charge in [-0.1, -0.05) is 42.8 Å². The Kier molecular flexibility index (Phi) is 8.52. The average molecular weight is 417 g/mol. The molecule has 0 heterocycles. The van der Waals surface area contributed by atoms with Gasteiger partial charge in [-0.25, -0.2) is 0 Å². The van der Waals surface area contributed by atoms with Crippen molar-refractivity contribution in [2.45, 2.75) is 46.7 Å². The lowest BCUT2D eigenvalue weighted by Gasteiger charge is -2.29. The molecule has 0 aromatic heterocycles. The molecule has 0 bridgehead atoms. The maximum absolute atomic E-state index is 13.0. The first-order valence-electron chi connectivity index (χ1n) is 9.84. The van der Waals surface area contributed by atoms with Gasteiger partial charge >= 0.3 is 0 Å². The molecule has 0 saturated heterocycles. The Morgan fingerprint density at radius 2 is 1.86 bits per heavy atom. The molecule has 2 rings (SSSR count). The third-order valence-corrected chi connectivity index (χ3v) is 5.23. The van der Waals surface area contributed by atoms with Crippen molar-refractivity contribution in [1.82, 2.24) is 10.2 Å². The Labute approximate surface area is 178 Å². The van der Waals surface area contributed by atoms with Crippen LogP contribution in [0.4, 0.5) is 0 Å². The van der Waals surface area contributed by atoms with Crippen LogP contribution in [0.5, 0.6) is 5.75 Å². The molecule has 0 saturated carbocycles. The lowest BCUT2D eigenvalue weighted by molar-refractivity contribution is -0.142. The Morgan fingerprint density at radius 1 is 1.14 bits per heavy atom. The highest BCUT2D eigenvalue weighted by molar-refractivity contribution is 6.31. The predicted octanol–water partition coefficient (Wildman–Crippen LogP) is 4.28. The first-order chi connectivity index (χ1) is 13.8. The van der Waals surface area contributed by atoms with Crippen LogP contribution in [0.15, 0.2) is 42.5 Å². The molecule has 0 radical (unpaired) electrons. The first-order valence-corrected chi connectivity index (χ1v) is 10.2. The van der Waals surface area contributed by atoms with Gasteiger partial charge in [0, 0.05) is 18.1 Å². The van der Waals surface area contributed by atoms with Gasteiger partial charge in [0.15, 0.2) is 6.61 Å². The maximum Gasteiger partial charge on any atom is 0.261 e. The van der Waals surface area contributed by atoms with E-state index in [0.717, 1.165) is 23.1 Å². The predicted molar refractivity (Wildman–Crippen MR) is 116 cm³/mol. The summed E-state index contributed by atoms with van der Waals surface area (Å²) in [5, 5.41) is 3.51. The van der Waals surface area contributed by atoms with Crippen molar-refractivity contribution in [2.24, 2.45) is 0 Å². The maximum atomic E-state index is 13.0. The monoisotopic (exact) mass is 416 g/mol. The van der Waals surface area contributed by atoms with Gasteiger partial charge < -0.3 is 15.0 Å². The summed E-state index contributed by atoms with van der Waals surface area (Å²) in [6, 6.07) is 12.5. The van der Waals surface area contributed by atoms with E-state index in [0.29, 0.717) is 23.9 Å². The Balaban J connectivity index is 2.15. The standard InChI is InChI=1S/C23H29ClN2O3/c1-5-12-25-23(28)18(4)26(14-19-9-7-6-8-16(19)2)22(27)15-29-20-10-11-21(24)17(3)13-20/h6-11,13,18H,5,12,14-15H2,1-4H3,(H,25,28)/t18-/m1/s1. The van der Waals surface area contributed by atoms with Gasteiger partial charge in [0.05, 0.1) is 0 Å². The van der Waals surface area contributed by atoms with Crippen molar-refractivity contribution in [2.75, 3.05) is 13.2 Å². The fourth-order valence-corrected chi connectivity index (χ4v) is 3.00. The fourth-order valence-electron chi connectivity index (χ4n) is 2.88. The van der Waals surface area contributed by atoms with E-state index >= 15 is 0 Å². The number of hydrogen-bond donors (Lipinski definition) is 1. The third-order valence-electron chi connectivity index (χ3n) is 4.81. The summed E-state index contributed by atoms with van der Waals surface area (Å²) in [7, 11) is 0. The first kappa shape index (κ1) is 22.8. The van der Waals surface area contributed by atoms with Crippen LogP contribution >= 0.6 is 11.6 Å². The zero-order valence-corrected chi connectivity index (χ0v) is 18.3. The summed E-state index contributed by atoms with van der Waals surface area (Å²) >= 11 is 6.04. The van der Waals surface area contributed by atoms with Crippen molar-refractivity contribution in [3.8, 4) is 5.75 Å². The lowest BCUT2D eigenvalue weighted by atomic mass is 10.1. The van der Waals surface area contributed by atoms with Gasteiger partial charge in [0.1, 0.15) is 11.8 Å². The molecule has 0 aliphatic carbocycles. The molecule has 1 atom stereocenters. The number of carbonyl (C=O) groups excluding carboxylic acids is 2. The van der Waals surface area contributed by atoms with E-state index in [1.54, 1.807) is 30.0 Å². The summed E-state index contributed by atoms with van der Waals surface area (Å²) in [4.78, 5) is 27.1. The van der Waals surface area contributed by atoms with E-state index in [1.165, 1.54) is 0 Å². The lowest BCUT2D eigenvalue weighted by Crippen LogP contribution is -2.49. The van der Waals surface area contributed by atoms with Gasteiger partial charge in [-0.15, -0.1) is 0 Å². The summed E-state index contributed by atoms with van der Waals surface area (Å²) in [5.41, 5.74) is 2.94. The average Bonchev–Trinajstić information content (AvgIpc) is 2.71. The van der Waals surface area contributed by atoms with Crippen LogP contribution in [0.25, 0.3) is 0 Å².